The Labute approximate surface area is 144 Å². The second-order valence-electron chi connectivity index (χ2n) is 5.71. The number of amides is 1. The molecule has 3 aromatic heterocycles. The summed E-state index contributed by atoms with van der Waals surface area (Å²) >= 11 is 0. The molecule has 0 bridgehead atoms. The highest BCUT2D eigenvalue weighted by Gasteiger charge is 2.15. The molecule has 0 spiro atoms. The van der Waals surface area contributed by atoms with Crippen molar-refractivity contribution in [1.82, 2.24) is 40.7 Å². The van der Waals surface area contributed by atoms with Gasteiger partial charge in [0.15, 0.2) is 0 Å². The van der Waals surface area contributed by atoms with E-state index < -0.39 is 0 Å². The SMILES string of the molecule is CCn1nc(C)c(CNC(=O)c2ccc(-c3nn[nH]n3)nc2C)c1C. The Morgan fingerprint density at radius 3 is 2.64 bits per heavy atom. The summed E-state index contributed by atoms with van der Waals surface area (Å²) in [5, 5.41) is 21.1. The zero-order valence-corrected chi connectivity index (χ0v) is 14.7. The van der Waals surface area contributed by atoms with Gasteiger partial charge in [-0.2, -0.15) is 10.3 Å². The molecule has 0 fully saturated rings. The van der Waals surface area contributed by atoms with Gasteiger partial charge >= 0.3 is 0 Å². The first-order chi connectivity index (χ1) is 12.0. The number of aryl methyl sites for hydroxylation is 3. The van der Waals surface area contributed by atoms with E-state index in [4.69, 9.17) is 0 Å². The van der Waals surface area contributed by atoms with Gasteiger partial charge in [-0.1, -0.05) is 0 Å². The van der Waals surface area contributed by atoms with Crippen molar-refractivity contribution in [1.29, 1.82) is 0 Å². The van der Waals surface area contributed by atoms with Crippen LogP contribution in [0.2, 0.25) is 0 Å². The average molecular weight is 340 g/mol. The van der Waals surface area contributed by atoms with Crippen molar-refractivity contribution in [2.24, 2.45) is 0 Å². The van der Waals surface area contributed by atoms with Crippen molar-refractivity contribution in [3.05, 3.63) is 40.3 Å². The van der Waals surface area contributed by atoms with Crippen LogP contribution in [0.4, 0.5) is 0 Å². The molecule has 0 saturated heterocycles. The fourth-order valence-corrected chi connectivity index (χ4v) is 2.76. The number of carbonyl (C=O) groups excluding carboxylic acids is 1. The van der Waals surface area contributed by atoms with E-state index in [1.54, 1.807) is 19.1 Å². The molecule has 9 heteroatoms. The molecule has 1 amide bonds. The summed E-state index contributed by atoms with van der Waals surface area (Å²) in [6, 6.07) is 3.43. The molecule has 9 nitrogen and oxygen atoms in total. The van der Waals surface area contributed by atoms with Crippen LogP contribution < -0.4 is 5.32 Å². The standard InChI is InChI=1S/C16H20N8O/c1-5-24-11(4)13(10(3)21-24)8-17-16(25)12-6-7-14(18-9(12)2)15-19-22-23-20-15/h6-7H,5,8H2,1-4H3,(H,17,25)(H,19,20,22,23). The molecule has 0 radical (unpaired) electrons. The lowest BCUT2D eigenvalue weighted by atomic mass is 10.1. The summed E-state index contributed by atoms with van der Waals surface area (Å²) in [6.07, 6.45) is 0. The molecule has 3 rings (SSSR count). The van der Waals surface area contributed by atoms with Gasteiger partial charge in [0, 0.05) is 24.3 Å². The summed E-state index contributed by atoms with van der Waals surface area (Å²) in [5.41, 5.74) is 4.75. The number of nitrogens with one attached hydrogen (secondary N) is 2. The highest BCUT2D eigenvalue weighted by atomic mass is 16.1. The fourth-order valence-electron chi connectivity index (χ4n) is 2.76. The van der Waals surface area contributed by atoms with Crippen LogP contribution >= 0.6 is 0 Å². The lowest BCUT2D eigenvalue weighted by molar-refractivity contribution is 0.0950. The second-order valence-corrected chi connectivity index (χ2v) is 5.71. The normalized spacial score (nSPS) is 10.9. The van der Waals surface area contributed by atoms with Gasteiger partial charge in [-0.3, -0.25) is 9.48 Å². The van der Waals surface area contributed by atoms with Gasteiger partial charge in [0.25, 0.3) is 5.91 Å². The van der Waals surface area contributed by atoms with E-state index in [0.29, 0.717) is 29.3 Å². The maximum atomic E-state index is 12.5. The van der Waals surface area contributed by atoms with E-state index in [2.05, 4.69) is 36.0 Å². The Balaban J connectivity index is 1.75. The maximum absolute atomic E-state index is 12.5. The van der Waals surface area contributed by atoms with Gasteiger partial charge in [0.05, 0.1) is 17.0 Å². The lowest BCUT2D eigenvalue weighted by Gasteiger charge is -2.08. The van der Waals surface area contributed by atoms with Crippen molar-refractivity contribution >= 4 is 5.91 Å². The summed E-state index contributed by atoms with van der Waals surface area (Å²) in [7, 11) is 0. The Kier molecular flexibility index (Phi) is 4.55. The molecule has 130 valence electrons. The molecule has 2 N–H and O–H groups in total. The van der Waals surface area contributed by atoms with Crippen molar-refractivity contribution in [3.8, 4) is 11.5 Å². The van der Waals surface area contributed by atoms with Gasteiger partial charge in [-0.15, -0.1) is 10.2 Å². The predicted octanol–water partition coefficient (Wildman–Crippen LogP) is 1.33. The Morgan fingerprint density at radius 1 is 1.24 bits per heavy atom. The molecule has 0 aliphatic carbocycles. The first-order valence-corrected chi connectivity index (χ1v) is 8.03. The zero-order chi connectivity index (χ0) is 18.0. The molecule has 0 atom stereocenters. The van der Waals surface area contributed by atoms with E-state index >= 15 is 0 Å². The number of H-pyrrole nitrogens is 1. The van der Waals surface area contributed by atoms with Gasteiger partial charge in [-0.05, 0) is 45.0 Å². The van der Waals surface area contributed by atoms with E-state index in [1.165, 1.54) is 0 Å². The first-order valence-electron chi connectivity index (χ1n) is 8.03. The second kappa shape index (κ2) is 6.80. The van der Waals surface area contributed by atoms with Crippen LogP contribution in [0.3, 0.4) is 0 Å². The lowest BCUT2D eigenvalue weighted by Crippen LogP contribution is -2.24. The Bertz CT molecular complexity index is 897. The Morgan fingerprint density at radius 2 is 2.04 bits per heavy atom. The molecule has 3 heterocycles. The highest BCUT2D eigenvalue weighted by molar-refractivity contribution is 5.95. The number of carbonyl (C=O) groups is 1. The monoisotopic (exact) mass is 340 g/mol. The van der Waals surface area contributed by atoms with Crippen molar-refractivity contribution < 1.29 is 4.79 Å². The van der Waals surface area contributed by atoms with Gasteiger partial charge < -0.3 is 5.32 Å². The average Bonchev–Trinajstić information content (AvgIpc) is 3.21. The number of aromatic nitrogens is 7. The Hall–Kier alpha value is -3.10. The van der Waals surface area contributed by atoms with Crippen LogP contribution in [0.5, 0.6) is 0 Å². The minimum atomic E-state index is -0.173. The number of pyridine rings is 1. The number of hydrogen-bond donors (Lipinski definition) is 2. The fraction of sp³-hybridized carbons (Fsp3) is 0.375. The number of aromatic amines is 1. The van der Waals surface area contributed by atoms with Crippen LogP contribution in [0.15, 0.2) is 12.1 Å². The van der Waals surface area contributed by atoms with Crippen LogP contribution in [0, 0.1) is 20.8 Å². The van der Waals surface area contributed by atoms with Crippen LogP contribution in [-0.2, 0) is 13.1 Å². The number of hydrogen-bond acceptors (Lipinski definition) is 6. The number of nitrogens with zero attached hydrogens (tertiary/aromatic N) is 6. The molecule has 25 heavy (non-hydrogen) atoms. The van der Waals surface area contributed by atoms with E-state index in [1.807, 2.05) is 25.5 Å². The van der Waals surface area contributed by atoms with Crippen molar-refractivity contribution in [2.45, 2.75) is 40.8 Å². The first kappa shape index (κ1) is 16.7. The van der Waals surface area contributed by atoms with E-state index in [0.717, 1.165) is 23.5 Å². The van der Waals surface area contributed by atoms with Crippen LogP contribution in [0.25, 0.3) is 11.5 Å². The number of rotatable bonds is 5. The van der Waals surface area contributed by atoms with Crippen LogP contribution in [-0.4, -0.2) is 41.3 Å². The van der Waals surface area contributed by atoms with Gasteiger partial charge in [0.1, 0.15) is 5.69 Å². The summed E-state index contributed by atoms with van der Waals surface area (Å²) in [4.78, 5) is 16.9. The molecular weight excluding hydrogens is 320 g/mol. The third-order valence-corrected chi connectivity index (χ3v) is 4.16. The quantitative estimate of drug-likeness (QED) is 0.724. The van der Waals surface area contributed by atoms with Crippen molar-refractivity contribution in [3.63, 3.8) is 0 Å². The largest absolute Gasteiger partial charge is 0.348 e. The minimum Gasteiger partial charge on any atom is -0.348 e. The molecule has 0 aliphatic rings. The molecule has 0 unspecified atom stereocenters. The molecule has 0 aliphatic heterocycles. The van der Waals surface area contributed by atoms with Crippen LogP contribution in [0.1, 0.15) is 39.9 Å². The summed E-state index contributed by atoms with van der Waals surface area (Å²) in [5.74, 6) is 0.223. The summed E-state index contributed by atoms with van der Waals surface area (Å²) < 4.78 is 1.93. The molecule has 0 aromatic carbocycles. The molecular formula is C16H20N8O. The third kappa shape index (κ3) is 3.25. The minimum absolute atomic E-state index is 0.173. The van der Waals surface area contributed by atoms with E-state index in [9.17, 15) is 4.79 Å². The smallest absolute Gasteiger partial charge is 0.253 e. The van der Waals surface area contributed by atoms with E-state index in [-0.39, 0.29) is 5.91 Å². The maximum Gasteiger partial charge on any atom is 0.253 e. The predicted molar refractivity (Wildman–Crippen MR) is 90.7 cm³/mol. The molecule has 3 aromatic rings. The topological polar surface area (TPSA) is 114 Å². The molecule has 0 saturated carbocycles. The van der Waals surface area contributed by atoms with Crippen molar-refractivity contribution in [2.75, 3.05) is 0 Å². The third-order valence-electron chi connectivity index (χ3n) is 4.16. The zero-order valence-electron chi connectivity index (χ0n) is 14.7. The number of tetrazole rings is 1. The summed E-state index contributed by atoms with van der Waals surface area (Å²) in [6.45, 7) is 9.03. The highest BCUT2D eigenvalue weighted by Crippen LogP contribution is 2.15. The van der Waals surface area contributed by atoms with Gasteiger partial charge in [-0.25, -0.2) is 4.98 Å². The van der Waals surface area contributed by atoms with Gasteiger partial charge in [0.2, 0.25) is 5.82 Å².